The van der Waals surface area contributed by atoms with Crippen molar-refractivity contribution in [1.29, 1.82) is 0 Å². The van der Waals surface area contributed by atoms with E-state index in [2.05, 4.69) is 5.32 Å². The summed E-state index contributed by atoms with van der Waals surface area (Å²) in [6.45, 7) is 1.58. The fourth-order valence-corrected chi connectivity index (χ4v) is 2.08. The summed E-state index contributed by atoms with van der Waals surface area (Å²) in [5.41, 5.74) is -1.03. The lowest BCUT2D eigenvalue weighted by atomic mass is 10.1. The van der Waals surface area contributed by atoms with E-state index in [0.717, 1.165) is 12.1 Å². The minimum Gasteiger partial charge on any atom is -0.504 e. The van der Waals surface area contributed by atoms with Crippen molar-refractivity contribution in [3.63, 3.8) is 0 Å². The molecule has 8 heteroatoms. The van der Waals surface area contributed by atoms with E-state index < -0.39 is 29.1 Å². The van der Waals surface area contributed by atoms with Gasteiger partial charge >= 0.3 is 6.18 Å². The zero-order valence-electron chi connectivity index (χ0n) is 11.7. The molecule has 2 aromatic rings. The molecule has 0 radical (unpaired) electrons. The van der Waals surface area contributed by atoms with Gasteiger partial charge in [-0.05, 0) is 42.8 Å². The normalized spacial score (nSPS) is 11.3. The number of anilines is 1. The van der Waals surface area contributed by atoms with Crippen molar-refractivity contribution in [2.24, 2.45) is 0 Å². The van der Waals surface area contributed by atoms with Gasteiger partial charge in [0.2, 0.25) is 0 Å². The van der Waals surface area contributed by atoms with Crippen LogP contribution in [0.25, 0.3) is 0 Å². The van der Waals surface area contributed by atoms with Gasteiger partial charge in [-0.3, -0.25) is 4.79 Å². The van der Waals surface area contributed by atoms with Gasteiger partial charge in [-0.25, -0.2) is 0 Å². The number of alkyl halides is 3. The maximum Gasteiger partial charge on any atom is 0.416 e. The number of hydrogen-bond donors (Lipinski definition) is 3. The van der Waals surface area contributed by atoms with Crippen LogP contribution in [0.3, 0.4) is 0 Å². The first-order chi connectivity index (χ1) is 10.6. The topological polar surface area (TPSA) is 69.6 Å². The fourth-order valence-electron chi connectivity index (χ4n) is 1.92. The average Bonchev–Trinajstić information content (AvgIpc) is 2.43. The summed E-state index contributed by atoms with van der Waals surface area (Å²) in [7, 11) is 0. The molecular weight excluding hydrogens is 335 g/mol. The van der Waals surface area contributed by atoms with Crippen LogP contribution in [0.5, 0.6) is 11.5 Å². The monoisotopic (exact) mass is 345 g/mol. The number of benzene rings is 2. The van der Waals surface area contributed by atoms with E-state index in [4.69, 9.17) is 11.6 Å². The van der Waals surface area contributed by atoms with Crippen LogP contribution in [-0.4, -0.2) is 16.1 Å². The Labute approximate surface area is 134 Å². The first-order valence-corrected chi connectivity index (χ1v) is 6.68. The van der Waals surface area contributed by atoms with Crippen LogP contribution in [0, 0.1) is 6.92 Å². The van der Waals surface area contributed by atoms with Gasteiger partial charge in [-0.2, -0.15) is 13.2 Å². The Morgan fingerprint density at radius 1 is 1.17 bits per heavy atom. The second kappa shape index (κ2) is 6.00. The van der Waals surface area contributed by atoms with Gasteiger partial charge in [0.1, 0.15) is 0 Å². The van der Waals surface area contributed by atoms with Gasteiger partial charge in [-0.15, -0.1) is 0 Å². The third-order valence-electron chi connectivity index (χ3n) is 3.02. The predicted molar refractivity (Wildman–Crippen MR) is 78.9 cm³/mol. The van der Waals surface area contributed by atoms with Crippen molar-refractivity contribution < 1.29 is 28.2 Å². The van der Waals surface area contributed by atoms with Crippen LogP contribution in [0.1, 0.15) is 21.5 Å². The number of carbonyl (C=O) groups excluding carboxylic acids is 1. The van der Waals surface area contributed by atoms with Crippen molar-refractivity contribution in [2.45, 2.75) is 13.1 Å². The zero-order chi connectivity index (χ0) is 17.4. The third kappa shape index (κ3) is 3.68. The van der Waals surface area contributed by atoms with E-state index in [1.807, 2.05) is 0 Å². The number of amides is 1. The molecule has 2 aromatic carbocycles. The molecule has 3 N–H and O–H groups in total. The number of aromatic hydroxyl groups is 2. The molecule has 0 atom stereocenters. The molecule has 0 aromatic heterocycles. The van der Waals surface area contributed by atoms with E-state index in [0.29, 0.717) is 11.6 Å². The second-order valence-corrected chi connectivity index (χ2v) is 5.23. The smallest absolute Gasteiger partial charge is 0.416 e. The van der Waals surface area contributed by atoms with Gasteiger partial charge in [0.25, 0.3) is 5.91 Å². The SMILES string of the molecule is Cc1cc(O)c(O)c(C(=O)Nc2cc(C(F)(F)F)ccc2Cl)c1. The maximum atomic E-state index is 12.7. The van der Waals surface area contributed by atoms with Crippen LogP contribution >= 0.6 is 11.6 Å². The Kier molecular flexibility index (Phi) is 4.42. The highest BCUT2D eigenvalue weighted by Gasteiger charge is 2.31. The minimum absolute atomic E-state index is 0.0947. The molecule has 0 fully saturated rings. The summed E-state index contributed by atoms with van der Waals surface area (Å²) in [5.74, 6) is -2.08. The van der Waals surface area contributed by atoms with Crippen molar-refractivity contribution in [1.82, 2.24) is 0 Å². The first-order valence-electron chi connectivity index (χ1n) is 6.30. The van der Waals surface area contributed by atoms with E-state index >= 15 is 0 Å². The molecule has 0 saturated carbocycles. The van der Waals surface area contributed by atoms with Crippen molar-refractivity contribution in [3.8, 4) is 11.5 Å². The van der Waals surface area contributed by atoms with Crippen molar-refractivity contribution in [3.05, 3.63) is 52.0 Å². The number of carbonyl (C=O) groups is 1. The predicted octanol–water partition coefficient (Wildman–Crippen LogP) is 4.33. The minimum atomic E-state index is -4.59. The lowest BCUT2D eigenvalue weighted by molar-refractivity contribution is -0.137. The van der Waals surface area contributed by atoms with Gasteiger partial charge < -0.3 is 15.5 Å². The van der Waals surface area contributed by atoms with E-state index in [1.54, 1.807) is 6.92 Å². The summed E-state index contributed by atoms with van der Waals surface area (Å²) in [4.78, 5) is 12.1. The summed E-state index contributed by atoms with van der Waals surface area (Å²) in [6.07, 6.45) is -4.59. The summed E-state index contributed by atoms with van der Waals surface area (Å²) >= 11 is 5.79. The standard InChI is InChI=1S/C15H11ClF3NO3/c1-7-4-9(13(22)12(21)5-7)14(23)20-11-6-8(15(17,18)19)2-3-10(11)16/h2-6,21-22H,1H3,(H,20,23). The highest BCUT2D eigenvalue weighted by molar-refractivity contribution is 6.34. The molecule has 2 rings (SSSR count). The molecule has 0 bridgehead atoms. The largest absolute Gasteiger partial charge is 0.504 e. The molecule has 4 nitrogen and oxygen atoms in total. The highest BCUT2D eigenvalue weighted by Crippen LogP contribution is 2.35. The summed E-state index contributed by atoms with van der Waals surface area (Å²) in [5, 5.41) is 21.3. The van der Waals surface area contributed by atoms with Crippen molar-refractivity contribution >= 4 is 23.2 Å². The van der Waals surface area contributed by atoms with Crippen LogP contribution in [0.15, 0.2) is 30.3 Å². The van der Waals surface area contributed by atoms with Crippen LogP contribution in [-0.2, 0) is 6.18 Å². The average molecular weight is 346 g/mol. The van der Waals surface area contributed by atoms with Gasteiger partial charge in [0.05, 0.1) is 21.8 Å². The fraction of sp³-hybridized carbons (Fsp3) is 0.133. The third-order valence-corrected chi connectivity index (χ3v) is 3.35. The highest BCUT2D eigenvalue weighted by atomic mass is 35.5. The Bertz CT molecular complexity index is 775. The Hall–Kier alpha value is -2.41. The number of halogens is 4. The lowest BCUT2D eigenvalue weighted by Crippen LogP contribution is -2.14. The number of phenols is 2. The molecule has 23 heavy (non-hydrogen) atoms. The quantitative estimate of drug-likeness (QED) is 0.709. The molecule has 0 aliphatic heterocycles. The number of phenolic OH excluding ortho intramolecular Hbond substituents is 2. The van der Waals surface area contributed by atoms with Gasteiger partial charge in [0.15, 0.2) is 11.5 Å². The second-order valence-electron chi connectivity index (χ2n) is 4.83. The van der Waals surface area contributed by atoms with Crippen LogP contribution < -0.4 is 5.32 Å². The van der Waals surface area contributed by atoms with E-state index in [9.17, 15) is 28.2 Å². The van der Waals surface area contributed by atoms with E-state index in [1.165, 1.54) is 12.1 Å². The Morgan fingerprint density at radius 2 is 1.83 bits per heavy atom. The number of nitrogens with one attached hydrogen (secondary N) is 1. The molecule has 0 spiro atoms. The number of hydrogen-bond acceptors (Lipinski definition) is 3. The molecule has 0 heterocycles. The van der Waals surface area contributed by atoms with Gasteiger partial charge in [0, 0.05) is 0 Å². The molecule has 0 unspecified atom stereocenters. The lowest BCUT2D eigenvalue weighted by Gasteiger charge is -2.13. The summed E-state index contributed by atoms with van der Waals surface area (Å²) < 4.78 is 38.1. The molecule has 0 aliphatic rings. The molecule has 122 valence electrons. The van der Waals surface area contributed by atoms with Crippen LogP contribution in [0.4, 0.5) is 18.9 Å². The number of rotatable bonds is 2. The zero-order valence-corrected chi connectivity index (χ0v) is 12.5. The van der Waals surface area contributed by atoms with Crippen LogP contribution in [0.2, 0.25) is 5.02 Å². The van der Waals surface area contributed by atoms with E-state index in [-0.39, 0.29) is 16.3 Å². The maximum absolute atomic E-state index is 12.7. The van der Waals surface area contributed by atoms with Crippen molar-refractivity contribution in [2.75, 3.05) is 5.32 Å². The molecule has 0 saturated heterocycles. The molecule has 1 amide bonds. The molecular formula is C15H11ClF3NO3. The summed E-state index contributed by atoms with van der Waals surface area (Å²) in [6, 6.07) is 5.00. The van der Waals surface area contributed by atoms with Gasteiger partial charge in [-0.1, -0.05) is 11.6 Å². The number of aryl methyl sites for hydroxylation is 1. The first kappa shape index (κ1) is 17.0. The molecule has 0 aliphatic carbocycles. The Morgan fingerprint density at radius 3 is 2.43 bits per heavy atom. The Balaban J connectivity index is 2.38.